The van der Waals surface area contributed by atoms with Crippen LogP contribution in [0, 0.1) is 20.8 Å². The van der Waals surface area contributed by atoms with Crippen LogP contribution in [0.3, 0.4) is 0 Å². The lowest BCUT2D eigenvalue weighted by molar-refractivity contribution is 1.21. The normalized spacial score (nSPS) is 11.8. The first kappa shape index (κ1) is 9.58. The van der Waals surface area contributed by atoms with Crippen LogP contribution >= 0.6 is 0 Å². The highest BCUT2D eigenvalue weighted by atomic mass is 15.2. The van der Waals surface area contributed by atoms with Gasteiger partial charge in [-0.1, -0.05) is 17.7 Å². The number of hydrogen-bond acceptors (Lipinski definition) is 2. The highest BCUT2D eigenvalue weighted by Gasteiger charge is 2.06. The smallest absolute Gasteiger partial charge is 0.150 e. The average Bonchev–Trinajstić information content (AvgIpc) is 2.02. The van der Waals surface area contributed by atoms with Crippen molar-refractivity contribution >= 4 is 5.84 Å². The van der Waals surface area contributed by atoms with E-state index in [-0.39, 0.29) is 0 Å². The van der Waals surface area contributed by atoms with Crippen molar-refractivity contribution in [2.75, 3.05) is 0 Å². The van der Waals surface area contributed by atoms with E-state index in [0.717, 1.165) is 16.7 Å². The molecule has 0 atom stereocenters. The third kappa shape index (κ3) is 1.80. The summed E-state index contributed by atoms with van der Waals surface area (Å²) in [6.45, 7) is 6.07. The molecule has 0 unspecified atom stereocenters. The summed E-state index contributed by atoms with van der Waals surface area (Å²) >= 11 is 0. The molecular formula is C10H15N3. The molecule has 13 heavy (non-hydrogen) atoms. The van der Waals surface area contributed by atoms with Gasteiger partial charge in [-0.15, -0.1) is 0 Å². The molecule has 0 saturated heterocycles. The second kappa shape index (κ2) is 3.47. The fraction of sp³-hybridized carbons (Fsp3) is 0.300. The van der Waals surface area contributed by atoms with E-state index in [0.29, 0.717) is 5.84 Å². The van der Waals surface area contributed by atoms with E-state index >= 15 is 0 Å². The number of aryl methyl sites for hydroxylation is 3. The molecule has 0 aromatic heterocycles. The molecule has 0 aliphatic heterocycles. The van der Waals surface area contributed by atoms with Crippen molar-refractivity contribution in [2.45, 2.75) is 20.8 Å². The quantitative estimate of drug-likeness (QED) is 0.293. The molecule has 0 bridgehead atoms. The topological polar surface area (TPSA) is 64.4 Å². The molecule has 0 radical (unpaired) electrons. The van der Waals surface area contributed by atoms with Crippen LogP contribution in [-0.4, -0.2) is 5.84 Å². The predicted molar refractivity (Wildman–Crippen MR) is 55.6 cm³/mol. The molecule has 1 aromatic rings. The van der Waals surface area contributed by atoms with Gasteiger partial charge in [-0.2, -0.15) is 5.10 Å². The first-order valence-electron chi connectivity index (χ1n) is 4.18. The zero-order valence-corrected chi connectivity index (χ0v) is 8.26. The molecule has 0 heterocycles. The van der Waals surface area contributed by atoms with Crippen molar-refractivity contribution in [1.29, 1.82) is 0 Å². The van der Waals surface area contributed by atoms with Crippen LogP contribution < -0.4 is 11.6 Å². The van der Waals surface area contributed by atoms with E-state index in [1.807, 2.05) is 13.8 Å². The van der Waals surface area contributed by atoms with Gasteiger partial charge in [0.1, 0.15) is 0 Å². The largest absolute Gasteiger partial charge is 0.382 e. The minimum Gasteiger partial charge on any atom is -0.382 e. The van der Waals surface area contributed by atoms with Crippen LogP contribution in [-0.2, 0) is 0 Å². The van der Waals surface area contributed by atoms with Crippen molar-refractivity contribution in [3.63, 3.8) is 0 Å². The van der Waals surface area contributed by atoms with Gasteiger partial charge in [-0.3, -0.25) is 0 Å². The van der Waals surface area contributed by atoms with Gasteiger partial charge in [-0.25, -0.2) is 0 Å². The van der Waals surface area contributed by atoms with E-state index in [2.05, 4.69) is 24.2 Å². The Morgan fingerprint density at radius 2 is 1.62 bits per heavy atom. The van der Waals surface area contributed by atoms with Gasteiger partial charge in [0.2, 0.25) is 0 Å². The molecule has 0 aliphatic rings. The molecule has 0 amide bonds. The minimum absolute atomic E-state index is 0.398. The van der Waals surface area contributed by atoms with Crippen LogP contribution in [0.15, 0.2) is 17.2 Å². The van der Waals surface area contributed by atoms with E-state index in [9.17, 15) is 0 Å². The fourth-order valence-electron chi connectivity index (χ4n) is 1.65. The third-order valence-corrected chi connectivity index (χ3v) is 2.07. The summed E-state index contributed by atoms with van der Waals surface area (Å²) in [5, 5.41) is 3.50. The van der Waals surface area contributed by atoms with Crippen molar-refractivity contribution in [1.82, 2.24) is 0 Å². The van der Waals surface area contributed by atoms with Crippen LogP contribution in [0.2, 0.25) is 0 Å². The first-order chi connectivity index (χ1) is 6.06. The summed E-state index contributed by atoms with van der Waals surface area (Å²) < 4.78 is 0. The van der Waals surface area contributed by atoms with Gasteiger partial charge in [-0.05, 0) is 31.9 Å². The number of nitrogens with two attached hydrogens (primary N) is 2. The van der Waals surface area contributed by atoms with Crippen LogP contribution in [0.25, 0.3) is 0 Å². The second-order valence-electron chi connectivity index (χ2n) is 3.29. The van der Waals surface area contributed by atoms with Gasteiger partial charge in [0.05, 0.1) is 0 Å². The SMILES string of the molecule is Cc1cc(C)c(C(N)=NN)c(C)c1. The number of hydrogen-bond donors (Lipinski definition) is 2. The number of rotatable bonds is 1. The molecule has 1 aromatic carbocycles. The molecule has 70 valence electrons. The minimum atomic E-state index is 0.398. The molecule has 0 aliphatic carbocycles. The highest BCUT2D eigenvalue weighted by Crippen LogP contribution is 2.15. The first-order valence-corrected chi connectivity index (χ1v) is 4.18. The number of hydrazone groups is 1. The Morgan fingerprint density at radius 1 is 1.15 bits per heavy atom. The zero-order chi connectivity index (χ0) is 10.0. The molecule has 1 rings (SSSR count). The molecule has 3 nitrogen and oxygen atoms in total. The standard InChI is InChI=1S/C10H15N3/c1-6-4-7(2)9(8(3)5-6)10(11)13-12/h4-5H,12H2,1-3H3,(H2,11,13). The Hall–Kier alpha value is -1.51. The molecule has 4 N–H and O–H groups in total. The van der Waals surface area contributed by atoms with Crippen LogP contribution in [0.4, 0.5) is 0 Å². The van der Waals surface area contributed by atoms with Gasteiger partial charge >= 0.3 is 0 Å². The molecular weight excluding hydrogens is 162 g/mol. The maximum absolute atomic E-state index is 5.67. The number of benzene rings is 1. The van der Waals surface area contributed by atoms with Crippen LogP contribution in [0.1, 0.15) is 22.3 Å². The summed E-state index contributed by atoms with van der Waals surface area (Å²) in [5.74, 6) is 5.54. The Balaban J connectivity index is 3.37. The molecule has 0 saturated carbocycles. The Bertz CT molecular complexity index is 330. The van der Waals surface area contributed by atoms with Crippen molar-refractivity contribution in [3.05, 3.63) is 34.4 Å². The lowest BCUT2D eigenvalue weighted by atomic mass is 9.99. The number of amidine groups is 1. The summed E-state index contributed by atoms with van der Waals surface area (Å²) in [5.41, 5.74) is 10.1. The monoisotopic (exact) mass is 177 g/mol. The summed E-state index contributed by atoms with van der Waals surface area (Å²) in [7, 11) is 0. The predicted octanol–water partition coefficient (Wildman–Crippen LogP) is 1.19. The lowest BCUT2D eigenvalue weighted by Gasteiger charge is -2.09. The highest BCUT2D eigenvalue weighted by molar-refractivity contribution is 5.99. The third-order valence-electron chi connectivity index (χ3n) is 2.07. The Morgan fingerprint density at radius 3 is 2.00 bits per heavy atom. The fourth-order valence-corrected chi connectivity index (χ4v) is 1.65. The van der Waals surface area contributed by atoms with E-state index < -0.39 is 0 Å². The summed E-state index contributed by atoms with van der Waals surface area (Å²) in [4.78, 5) is 0. The lowest BCUT2D eigenvalue weighted by Crippen LogP contribution is -2.18. The van der Waals surface area contributed by atoms with Gasteiger partial charge in [0.25, 0.3) is 0 Å². The molecule has 0 fully saturated rings. The van der Waals surface area contributed by atoms with E-state index in [1.54, 1.807) is 0 Å². The Kier molecular flexibility index (Phi) is 2.56. The Labute approximate surface area is 78.4 Å². The van der Waals surface area contributed by atoms with Gasteiger partial charge in [0, 0.05) is 5.56 Å². The van der Waals surface area contributed by atoms with E-state index in [1.165, 1.54) is 5.56 Å². The zero-order valence-electron chi connectivity index (χ0n) is 8.26. The van der Waals surface area contributed by atoms with Crippen molar-refractivity contribution < 1.29 is 0 Å². The maximum Gasteiger partial charge on any atom is 0.150 e. The number of nitrogens with zero attached hydrogens (tertiary/aromatic N) is 1. The summed E-state index contributed by atoms with van der Waals surface area (Å²) in [6, 6.07) is 4.14. The average molecular weight is 177 g/mol. The van der Waals surface area contributed by atoms with Crippen LogP contribution in [0.5, 0.6) is 0 Å². The van der Waals surface area contributed by atoms with Gasteiger partial charge < -0.3 is 11.6 Å². The van der Waals surface area contributed by atoms with E-state index in [4.69, 9.17) is 11.6 Å². The summed E-state index contributed by atoms with van der Waals surface area (Å²) in [6.07, 6.45) is 0. The second-order valence-corrected chi connectivity index (χ2v) is 3.29. The molecule has 0 spiro atoms. The van der Waals surface area contributed by atoms with Crippen molar-refractivity contribution in [2.24, 2.45) is 16.7 Å². The maximum atomic E-state index is 5.67. The van der Waals surface area contributed by atoms with Crippen molar-refractivity contribution in [3.8, 4) is 0 Å². The van der Waals surface area contributed by atoms with Gasteiger partial charge in [0.15, 0.2) is 5.84 Å². The molecule has 3 heteroatoms.